The molecule has 1 aliphatic rings. The van der Waals surface area contributed by atoms with E-state index in [1.165, 1.54) is 0 Å². The van der Waals surface area contributed by atoms with Gasteiger partial charge in [-0.3, -0.25) is 14.5 Å². The Hall–Kier alpha value is -1.14. The fraction of sp³-hybridized carbons (Fsp3) is 0.833. The predicted molar refractivity (Wildman–Crippen MR) is 68.1 cm³/mol. The number of rotatable bonds is 6. The average molecular weight is 257 g/mol. The van der Waals surface area contributed by atoms with Gasteiger partial charge in [-0.05, 0) is 0 Å². The van der Waals surface area contributed by atoms with Gasteiger partial charge in [-0.2, -0.15) is 0 Å². The lowest BCUT2D eigenvalue weighted by molar-refractivity contribution is -0.127. The van der Waals surface area contributed by atoms with E-state index >= 15 is 0 Å². The lowest BCUT2D eigenvalue weighted by atomic mass is 10.2. The van der Waals surface area contributed by atoms with Gasteiger partial charge in [-0.25, -0.2) is 0 Å². The summed E-state index contributed by atoms with van der Waals surface area (Å²) in [6.07, 6.45) is 0. The van der Waals surface area contributed by atoms with Gasteiger partial charge in [-0.1, -0.05) is 13.8 Å². The molecule has 1 fully saturated rings. The molecule has 2 N–H and O–H groups in total. The Balaban J connectivity index is 2.04. The molecule has 1 saturated heterocycles. The first-order chi connectivity index (χ1) is 8.59. The predicted octanol–water partition coefficient (Wildman–Crippen LogP) is -0.793. The Kier molecular flexibility index (Phi) is 6.67. The van der Waals surface area contributed by atoms with Gasteiger partial charge in [0.05, 0.1) is 19.8 Å². The first kappa shape index (κ1) is 14.9. The average Bonchev–Trinajstić information content (AvgIpc) is 2.37. The number of nitrogens with zero attached hydrogens (tertiary/aromatic N) is 1. The minimum absolute atomic E-state index is 0.0557. The molecule has 0 aromatic heterocycles. The second-order valence-electron chi connectivity index (χ2n) is 4.68. The van der Waals surface area contributed by atoms with E-state index in [1.807, 2.05) is 0 Å². The molecule has 0 aromatic carbocycles. The Morgan fingerprint density at radius 3 is 2.50 bits per heavy atom. The normalized spacial score (nSPS) is 16.6. The Morgan fingerprint density at radius 2 is 1.89 bits per heavy atom. The minimum atomic E-state index is -0.141. The van der Waals surface area contributed by atoms with Gasteiger partial charge in [0.1, 0.15) is 0 Å². The fourth-order valence-electron chi connectivity index (χ4n) is 1.61. The number of hydrogen-bond acceptors (Lipinski definition) is 4. The van der Waals surface area contributed by atoms with Crippen LogP contribution in [0.15, 0.2) is 0 Å². The van der Waals surface area contributed by atoms with Gasteiger partial charge >= 0.3 is 0 Å². The topological polar surface area (TPSA) is 70.7 Å². The molecule has 0 aromatic rings. The Labute approximate surface area is 108 Å². The lowest BCUT2D eigenvalue weighted by Crippen LogP contribution is -2.44. The molecular formula is C12H23N3O3. The van der Waals surface area contributed by atoms with Crippen LogP contribution in [0.3, 0.4) is 0 Å². The second-order valence-corrected chi connectivity index (χ2v) is 4.68. The zero-order valence-corrected chi connectivity index (χ0v) is 11.2. The Bertz CT molecular complexity index is 276. The smallest absolute Gasteiger partial charge is 0.239 e. The summed E-state index contributed by atoms with van der Waals surface area (Å²) in [6.45, 7) is 8.44. The molecule has 0 unspecified atom stereocenters. The molecule has 0 atom stereocenters. The number of morpholine rings is 1. The maximum Gasteiger partial charge on any atom is 0.239 e. The van der Waals surface area contributed by atoms with Crippen molar-refractivity contribution in [3.05, 3.63) is 0 Å². The highest BCUT2D eigenvalue weighted by Crippen LogP contribution is 1.94. The zero-order chi connectivity index (χ0) is 13.4. The molecule has 1 aliphatic heterocycles. The molecule has 0 aliphatic carbocycles. The van der Waals surface area contributed by atoms with Crippen LogP contribution in [0, 0.1) is 5.92 Å². The summed E-state index contributed by atoms with van der Waals surface area (Å²) >= 11 is 0. The number of nitrogens with one attached hydrogen (secondary N) is 2. The molecule has 18 heavy (non-hydrogen) atoms. The number of amides is 2. The van der Waals surface area contributed by atoms with Crippen molar-refractivity contribution in [1.82, 2.24) is 15.5 Å². The molecule has 0 spiro atoms. The largest absolute Gasteiger partial charge is 0.379 e. The lowest BCUT2D eigenvalue weighted by Gasteiger charge is -2.26. The molecule has 104 valence electrons. The minimum Gasteiger partial charge on any atom is -0.379 e. The number of ether oxygens (including phenoxy) is 1. The van der Waals surface area contributed by atoms with Crippen molar-refractivity contribution in [2.24, 2.45) is 5.92 Å². The molecule has 2 amide bonds. The standard InChI is InChI=1S/C12H23N3O3/c1-10(2)12(17)14-9-11(16)13-3-4-15-5-7-18-8-6-15/h10H,3-9H2,1-2H3,(H,13,16)(H,14,17). The van der Waals surface area contributed by atoms with Crippen LogP contribution in [-0.4, -0.2) is 62.7 Å². The Morgan fingerprint density at radius 1 is 1.22 bits per heavy atom. The maximum absolute atomic E-state index is 11.4. The molecule has 6 nitrogen and oxygen atoms in total. The van der Waals surface area contributed by atoms with Gasteiger partial charge in [-0.15, -0.1) is 0 Å². The monoisotopic (exact) mass is 257 g/mol. The quantitative estimate of drug-likeness (QED) is 0.654. The highest BCUT2D eigenvalue weighted by molar-refractivity contribution is 5.85. The van der Waals surface area contributed by atoms with Crippen molar-refractivity contribution in [2.75, 3.05) is 45.9 Å². The van der Waals surface area contributed by atoms with E-state index in [1.54, 1.807) is 13.8 Å². The summed E-state index contributed by atoms with van der Waals surface area (Å²) in [5.74, 6) is -0.332. The third kappa shape index (κ3) is 5.97. The number of hydrogen-bond donors (Lipinski definition) is 2. The molecule has 0 radical (unpaired) electrons. The van der Waals surface area contributed by atoms with Gasteiger partial charge in [0, 0.05) is 32.1 Å². The third-order valence-corrected chi connectivity index (χ3v) is 2.80. The van der Waals surface area contributed by atoms with Crippen LogP contribution >= 0.6 is 0 Å². The maximum atomic E-state index is 11.4. The van der Waals surface area contributed by atoms with E-state index in [0.717, 1.165) is 32.8 Å². The molecule has 6 heteroatoms. The van der Waals surface area contributed by atoms with Crippen LogP contribution in [0.4, 0.5) is 0 Å². The first-order valence-corrected chi connectivity index (χ1v) is 6.44. The van der Waals surface area contributed by atoms with E-state index in [2.05, 4.69) is 15.5 Å². The van der Waals surface area contributed by atoms with E-state index in [9.17, 15) is 9.59 Å². The van der Waals surface area contributed by atoms with Gasteiger partial charge in [0.15, 0.2) is 0 Å². The number of carbonyl (C=O) groups excluding carboxylic acids is 2. The fourth-order valence-corrected chi connectivity index (χ4v) is 1.61. The summed E-state index contributed by atoms with van der Waals surface area (Å²) in [5.41, 5.74) is 0. The van der Waals surface area contributed by atoms with E-state index in [4.69, 9.17) is 4.74 Å². The molecule has 0 bridgehead atoms. The van der Waals surface area contributed by atoms with Crippen molar-refractivity contribution < 1.29 is 14.3 Å². The molecule has 1 rings (SSSR count). The van der Waals surface area contributed by atoms with Gasteiger partial charge in [0.25, 0.3) is 0 Å². The van der Waals surface area contributed by atoms with Crippen LogP contribution < -0.4 is 10.6 Å². The molecule has 0 saturated carbocycles. The van der Waals surface area contributed by atoms with Crippen LogP contribution in [0.5, 0.6) is 0 Å². The SMILES string of the molecule is CC(C)C(=O)NCC(=O)NCCN1CCOCC1. The van der Waals surface area contributed by atoms with Gasteiger partial charge < -0.3 is 15.4 Å². The van der Waals surface area contributed by atoms with Crippen molar-refractivity contribution in [3.63, 3.8) is 0 Å². The summed E-state index contributed by atoms with van der Waals surface area (Å²) in [7, 11) is 0. The van der Waals surface area contributed by atoms with Crippen LogP contribution in [-0.2, 0) is 14.3 Å². The van der Waals surface area contributed by atoms with Crippen LogP contribution in [0.2, 0.25) is 0 Å². The van der Waals surface area contributed by atoms with Crippen LogP contribution in [0.1, 0.15) is 13.8 Å². The summed E-state index contributed by atoms with van der Waals surface area (Å²) in [4.78, 5) is 24.9. The van der Waals surface area contributed by atoms with Crippen molar-refractivity contribution in [2.45, 2.75) is 13.8 Å². The van der Waals surface area contributed by atoms with Crippen molar-refractivity contribution in [3.8, 4) is 0 Å². The molecule has 1 heterocycles. The summed E-state index contributed by atoms with van der Waals surface area (Å²) in [6, 6.07) is 0. The summed E-state index contributed by atoms with van der Waals surface area (Å²) < 4.78 is 5.24. The van der Waals surface area contributed by atoms with Gasteiger partial charge in [0.2, 0.25) is 11.8 Å². The van der Waals surface area contributed by atoms with E-state index < -0.39 is 0 Å². The summed E-state index contributed by atoms with van der Waals surface area (Å²) in [5, 5.41) is 5.37. The van der Waals surface area contributed by atoms with Crippen molar-refractivity contribution in [1.29, 1.82) is 0 Å². The van der Waals surface area contributed by atoms with Crippen LogP contribution in [0.25, 0.3) is 0 Å². The van der Waals surface area contributed by atoms with E-state index in [0.29, 0.717) is 6.54 Å². The highest BCUT2D eigenvalue weighted by Gasteiger charge is 2.11. The third-order valence-electron chi connectivity index (χ3n) is 2.80. The van der Waals surface area contributed by atoms with Crippen molar-refractivity contribution >= 4 is 11.8 Å². The zero-order valence-electron chi connectivity index (χ0n) is 11.2. The number of carbonyl (C=O) groups is 2. The van der Waals surface area contributed by atoms with E-state index in [-0.39, 0.29) is 24.3 Å². The molecular weight excluding hydrogens is 234 g/mol. The highest BCUT2D eigenvalue weighted by atomic mass is 16.5. The second kappa shape index (κ2) is 8.05. The first-order valence-electron chi connectivity index (χ1n) is 6.44.